The number of benzene rings is 3. The van der Waals surface area contributed by atoms with E-state index in [2.05, 4.69) is 121 Å². The summed E-state index contributed by atoms with van der Waals surface area (Å²) in [6, 6.07) is 22.4. The highest BCUT2D eigenvalue weighted by Gasteiger charge is 2.53. The molecule has 3 aromatic carbocycles. The lowest BCUT2D eigenvalue weighted by Gasteiger charge is -2.49. The Morgan fingerprint density at radius 3 is 1.44 bits per heavy atom. The van der Waals surface area contributed by atoms with Crippen molar-refractivity contribution in [3.63, 3.8) is 0 Å². The normalized spacial score (nSPS) is 22.1. The molecule has 0 atom stereocenters. The molecule has 1 fully saturated rings. The van der Waals surface area contributed by atoms with E-state index in [-0.39, 0.29) is 29.2 Å². The number of hydrogen-bond acceptors (Lipinski definition) is 3. The van der Waals surface area contributed by atoms with E-state index in [1.165, 1.54) is 39.3 Å². The first-order chi connectivity index (χ1) is 15.9. The molecule has 4 heteroatoms. The Balaban J connectivity index is 1.66. The van der Waals surface area contributed by atoms with E-state index in [0.717, 1.165) is 5.46 Å². The number of rotatable bonds is 1. The van der Waals surface area contributed by atoms with Crippen molar-refractivity contribution >= 4 is 29.6 Å². The Kier molecular flexibility index (Phi) is 4.23. The predicted octanol–water partition coefficient (Wildman–Crippen LogP) is 6.73. The van der Waals surface area contributed by atoms with Crippen LogP contribution >= 0.6 is 0 Å². The van der Waals surface area contributed by atoms with E-state index in [1.54, 1.807) is 0 Å². The molecule has 6 rings (SSSR count). The monoisotopic (exact) mass is 451 g/mol. The number of fused-ring (bicyclic) bond motifs is 4. The van der Waals surface area contributed by atoms with Gasteiger partial charge in [-0.15, -0.1) is 0 Å². The lowest BCUT2D eigenvalue weighted by molar-refractivity contribution is 0.00578. The van der Waals surface area contributed by atoms with Gasteiger partial charge >= 0.3 is 7.12 Å². The molecule has 3 aliphatic rings. The van der Waals surface area contributed by atoms with Gasteiger partial charge in [-0.2, -0.15) is 0 Å². The zero-order valence-electron chi connectivity index (χ0n) is 21.6. The van der Waals surface area contributed by atoms with Crippen LogP contribution in [0.5, 0.6) is 0 Å². The summed E-state index contributed by atoms with van der Waals surface area (Å²) in [5.74, 6) is 0. The molecular formula is C30H34BNO2. The number of anilines is 3. The summed E-state index contributed by atoms with van der Waals surface area (Å²) < 4.78 is 13.0. The van der Waals surface area contributed by atoms with Crippen LogP contribution in [-0.4, -0.2) is 18.3 Å². The maximum absolute atomic E-state index is 6.52. The number of hydrogen-bond donors (Lipinski definition) is 0. The highest BCUT2D eigenvalue weighted by molar-refractivity contribution is 6.62. The van der Waals surface area contributed by atoms with Crippen LogP contribution in [-0.2, 0) is 20.1 Å². The van der Waals surface area contributed by atoms with E-state index < -0.39 is 0 Å². The summed E-state index contributed by atoms with van der Waals surface area (Å²) in [7, 11) is -0.388. The second kappa shape index (κ2) is 6.56. The smallest absolute Gasteiger partial charge is 0.399 e. The van der Waals surface area contributed by atoms with E-state index in [0.29, 0.717) is 0 Å². The Bertz CT molecular complexity index is 1240. The molecular weight excluding hydrogens is 417 g/mol. The highest BCUT2D eigenvalue weighted by Crippen LogP contribution is 2.59. The van der Waals surface area contributed by atoms with Crippen molar-refractivity contribution in [3.8, 4) is 0 Å². The van der Waals surface area contributed by atoms with Crippen LogP contribution in [0.2, 0.25) is 0 Å². The second-order valence-electron chi connectivity index (χ2n) is 12.2. The molecule has 1 saturated heterocycles. The van der Waals surface area contributed by atoms with Gasteiger partial charge in [0, 0.05) is 10.8 Å². The molecule has 0 unspecified atom stereocenters. The number of para-hydroxylation sites is 2. The van der Waals surface area contributed by atoms with E-state index in [4.69, 9.17) is 9.31 Å². The van der Waals surface area contributed by atoms with Crippen LogP contribution in [0, 0.1) is 0 Å². The third-order valence-corrected chi connectivity index (χ3v) is 8.86. The maximum atomic E-state index is 6.52. The molecule has 0 bridgehead atoms. The minimum atomic E-state index is -0.388. The second-order valence-corrected chi connectivity index (χ2v) is 12.2. The summed E-state index contributed by atoms with van der Waals surface area (Å²) in [5.41, 5.74) is 9.25. The molecule has 0 spiro atoms. The van der Waals surface area contributed by atoms with Gasteiger partial charge in [-0.1, -0.05) is 76.2 Å². The lowest BCUT2D eigenvalue weighted by atomic mass is 9.63. The minimum Gasteiger partial charge on any atom is -0.399 e. The van der Waals surface area contributed by atoms with Crippen LogP contribution in [0.4, 0.5) is 17.1 Å². The molecule has 0 radical (unpaired) electrons. The number of nitrogens with zero attached hydrogens (tertiary/aromatic N) is 1. The van der Waals surface area contributed by atoms with Crippen molar-refractivity contribution in [2.75, 3.05) is 4.90 Å². The highest BCUT2D eigenvalue weighted by atomic mass is 16.7. The Morgan fingerprint density at radius 2 is 1.00 bits per heavy atom. The average molecular weight is 451 g/mol. The van der Waals surface area contributed by atoms with Gasteiger partial charge in [-0.05, 0) is 67.5 Å². The van der Waals surface area contributed by atoms with E-state index >= 15 is 0 Å². The summed E-state index contributed by atoms with van der Waals surface area (Å²) in [6.45, 7) is 17.9. The summed E-state index contributed by atoms with van der Waals surface area (Å²) in [5, 5.41) is 0. The van der Waals surface area contributed by atoms with Crippen molar-refractivity contribution < 1.29 is 9.31 Å². The molecule has 0 aromatic heterocycles. The first-order valence-corrected chi connectivity index (χ1v) is 12.4. The first kappa shape index (κ1) is 21.9. The third kappa shape index (κ3) is 2.67. The van der Waals surface area contributed by atoms with Gasteiger partial charge in [-0.25, -0.2) is 0 Å². The fraction of sp³-hybridized carbons (Fsp3) is 0.400. The molecule has 0 amide bonds. The quantitative estimate of drug-likeness (QED) is 0.383. The van der Waals surface area contributed by atoms with Crippen LogP contribution in [0.15, 0.2) is 60.7 Å². The van der Waals surface area contributed by atoms with Gasteiger partial charge < -0.3 is 14.2 Å². The molecule has 34 heavy (non-hydrogen) atoms. The maximum Gasteiger partial charge on any atom is 0.494 e. The Hall–Kier alpha value is -2.56. The average Bonchev–Trinajstić information content (AvgIpc) is 3.00. The van der Waals surface area contributed by atoms with Crippen LogP contribution < -0.4 is 10.4 Å². The van der Waals surface area contributed by atoms with Crippen LogP contribution in [0.25, 0.3) is 0 Å². The Labute approximate surface area is 204 Å². The summed E-state index contributed by atoms with van der Waals surface area (Å²) >= 11 is 0. The Morgan fingerprint density at radius 1 is 0.588 bits per heavy atom. The molecule has 174 valence electrons. The predicted molar refractivity (Wildman–Crippen MR) is 141 cm³/mol. The van der Waals surface area contributed by atoms with Gasteiger partial charge in [0.05, 0.1) is 28.3 Å². The van der Waals surface area contributed by atoms with Crippen LogP contribution in [0.1, 0.15) is 77.6 Å². The molecule has 3 aliphatic heterocycles. The van der Waals surface area contributed by atoms with Gasteiger partial charge in [0.1, 0.15) is 0 Å². The zero-order chi connectivity index (χ0) is 24.3. The fourth-order valence-corrected chi connectivity index (χ4v) is 6.02. The molecule has 0 aliphatic carbocycles. The van der Waals surface area contributed by atoms with Crippen LogP contribution in [0.3, 0.4) is 0 Å². The minimum absolute atomic E-state index is 0.154. The van der Waals surface area contributed by atoms with Gasteiger partial charge in [0.2, 0.25) is 0 Å². The first-order valence-electron chi connectivity index (χ1n) is 12.4. The molecule has 3 nitrogen and oxygen atoms in total. The lowest BCUT2D eigenvalue weighted by Crippen LogP contribution is -2.42. The topological polar surface area (TPSA) is 21.7 Å². The largest absolute Gasteiger partial charge is 0.494 e. The van der Waals surface area contributed by atoms with Gasteiger partial charge in [0.15, 0.2) is 0 Å². The SMILES string of the molecule is CC1(C)c2ccccc2N2c3ccccc3C(C)(C)c3cc(B4OC(C)(C)C(C)(C)O4)cc1c32. The fourth-order valence-electron chi connectivity index (χ4n) is 6.02. The van der Waals surface area contributed by atoms with E-state index in [9.17, 15) is 0 Å². The standard InChI is InChI=1S/C30H34BNO2/c1-27(2)20-13-9-11-15-24(20)32-25-16-12-10-14-21(25)28(3,4)23-18-19(17-22(27)26(23)32)31-33-29(5,6)30(7,8)34-31/h9-18H,1-8H3. The van der Waals surface area contributed by atoms with Crippen molar-refractivity contribution in [1.82, 2.24) is 0 Å². The van der Waals surface area contributed by atoms with Crippen molar-refractivity contribution in [3.05, 3.63) is 82.9 Å². The van der Waals surface area contributed by atoms with Gasteiger partial charge in [-0.3, -0.25) is 0 Å². The summed E-state index contributed by atoms with van der Waals surface area (Å²) in [4.78, 5) is 2.49. The summed E-state index contributed by atoms with van der Waals surface area (Å²) in [6.07, 6.45) is 0. The van der Waals surface area contributed by atoms with Crippen molar-refractivity contribution in [1.29, 1.82) is 0 Å². The molecule has 0 saturated carbocycles. The van der Waals surface area contributed by atoms with Gasteiger partial charge in [0.25, 0.3) is 0 Å². The zero-order valence-corrected chi connectivity index (χ0v) is 21.6. The molecule has 3 heterocycles. The van der Waals surface area contributed by atoms with Crippen molar-refractivity contribution in [2.24, 2.45) is 0 Å². The molecule has 3 aromatic rings. The third-order valence-electron chi connectivity index (χ3n) is 8.86. The van der Waals surface area contributed by atoms with Crippen molar-refractivity contribution in [2.45, 2.75) is 77.4 Å². The van der Waals surface area contributed by atoms with E-state index in [1.807, 2.05) is 0 Å². The molecule has 0 N–H and O–H groups in total.